The lowest BCUT2D eigenvalue weighted by Gasteiger charge is -2.38. The molecule has 1 fully saturated rings. The SMILES string of the molecule is CCCN(C(=O)c1cc(Br)cn1C)C1CNC1. The van der Waals surface area contributed by atoms with Gasteiger partial charge in [0.2, 0.25) is 0 Å². The van der Waals surface area contributed by atoms with E-state index in [0.717, 1.165) is 36.2 Å². The minimum Gasteiger partial charge on any atom is -0.345 e. The molecule has 2 rings (SSSR count). The fourth-order valence-electron chi connectivity index (χ4n) is 2.07. The van der Waals surface area contributed by atoms with E-state index in [0.29, 0.717) is 6.04 Å². The molecule has 1 aliphatic rings. The second-order valence-corrected chi connectivity index (χ2v) is 5.38. The number of amides is 1. The van der Waals surface area contributed by atoms with E-state index in [1.165, 1.54) is 0 Å². The van der Waals surface area contributed by atoms with Crippen molar-refractivity contribution in [2.45, 2.75) is 19.4 Å². The Morgan fingerprint density at radius 2 is 2.35 bits per heavy atom. The molecule has 1 saturated heterocycles. The zero-order valence-corrected chi connectivity index (χ0v) is 11.8. The van der Waals surface area contributed by atoms with E-state index in [9.17, 15) is 4.79 Å². The molecule has 0 aliphatic carbocycles. The summed E-state index contributed by atoms with van der Waals surface area (Å²) in [6.45, 7) is 4.76. The molecule has 0 unspecified atom stereocenters. The number of rotatable bonds is 4. The number of carbonyl (C=O) groups excluding carboxylic acids is 1. The number of hydrogen-bond donors (Lipinski definition) is 1. The molecule has 1 N–H and O–H groups in total. The second kappa shape index (κ2) is 5.23. The zero-order valence-electron chi connectivity index (χ0n) is 10.2. The van der Waals surface area contributed by atoms with Crippen LogP contribution in [-0.4, -0.2) is 41.1 Å². The number of nitrogens with zero attached hydrogens (tertiary/aromatic N) is 2. The summed E-state index contributed by atoms with van der Waals surface area (Å²) in [4.78, 5) is 14.4. The van der Waals surface area contributed by atoms with Gasteiger partial charge in [-0.3, -0.25) is 4.79 Å². The first kappa shape index (κ1) is 12.6. The Morgan fingerprint density at radius 1 is 1.65 bits per heavy atom. The van der Waals surface area contributed by atoms with Crippen molar-refractivity contribution in [3.05, 3.63) is 22.4 Å². The van der Waals surface area contributed by atoms with Gasteiger partial charge in [-0.2, -0.15) is 0 Å². The van der Waals surface area contributed by atoms with Gasteiger partial charge in [0.05, 0.1) is 6.04 Å². The molecule has 1 aromatic rings. The molecule has 4 nitrogen and oxygen atoms in total. The maximum atomic E-state index is 12.5. The summed E-state index contributed by atoms with van der Waals surface area (Å²) in [5, 5.41) is 3.22. The van der Waals surface area contributed by atoms with Crippen molar-refractivity contribution in [3.8, 4) is 0 Å². The first-order chi connectivity index (χ1) is 8.13. The van der Waals surface area contributed by atoms with E-state index >= 15 is 0 Å². The average Bonchev–Trinajstić information content (AvgIpc) is 2.53. The van der Waals surface area contributed by atoms with Crippen LogP contribution in [0.25, 0.3) is 0 Å². The van der Waals surface area contributed by atoms with Crippen LogP contribution < -0.4 is 5.32 Å². The highest BCUT2D eigenvalue weighted by Gasteiger charge is 2.29. The summed E-state index contributed by atoms with van der Waals surface area (Å²) in [5.41, 5.74) is 0.747. The van der Waals surface area contributed by atoms with Gasteiger partial charge >= 0.3 is 0 Å². The van der Waals surface area contributed by atoms with E-state index < -0.39 is 0 Å². The molecule has 1 aromatic heterocycles. The van der Waals surface area contributed by atoms with Crippen molar-refractivity contribution in [1.82, 2.24) is 14.8 Å². The van der Waals surface area contributed by atoms with E-state index in [2.05, 4.69) is 28.2 Å². The maximum Gasteiger partial charge on any atom is 0.270 e. The van der Waals surface area contributed by atoms with E-state index in [1.54, 1.807) is 0 Å². The molecule has 2 heterocycles. The lowest BCUT2D eigenvalue weighted by atomic mass is 10.1. The lowest BCUT2D eigenvalue weighted by Crippen LogP contribution is -2.59. The third-order valence-electron chi connectivity index (χ3n) is 3.12. The van der Waals surface area contributed by atoms with Crippen molar-refractivity contribution in [2.24, 2.45) is 7.05 Å². The minimum atomic E-state index is 0.131. The number of carbonyl (C=O) groups is 1. The number of aromatic nitrogens is 1. The molecule has 1 aliphatic heterocycles. The number of nitrogens with one attached hydrogen (secondary N) is 1. The molecular weight excluding hydrogens is 282 g/mol. The van der Waals surface area contributed by atoms with Crippen molar-refractivity contribution in [3.63, 3.8) is 0 Å². The predicted octanol–water partition coefficient (Wildman–Crippen LogP) is 1.61. The molecule has 0 bridgehead atoms. The fourth-order valence-corrected chi connectivity index (χ4v) is 2.59. The van der Waals surface area contributed by atoms with Gasteiger partial charge < -0.3 is 14.8 Å². The summed E-state index contributed by atoms with van der Waals surface area (Å²) in [5.74, 6) is 0.131. The molecule has 0 radical (unpaired) electrons. The second-order valence-electron chi connectivity index (χ2n) is 4.47. The van der Waals surface area contributed by atoms with Crippen molar-refractivity contribution >= 4 is 21.8 Å². The average molecular weight is 300 g/mol. The Bertz CT molecular complexity index is 412. The summed E-state index contributed by atoms with van der Waals surface area (Å²) in [6, 6.07) is 2.24. The van der Waals surface area contributed by atoms with Crippen LogP contribution in [0.15, 0.2) is 16.7 Å². The molecule has 0 spiro atoms. The predicted molar refractivity (Wildman–Crippen MR) is 71.1 cm³/mol. The zero-order chi connectivity index (χ0) is 12.4. The van der Waals surface area contributed by atoms with Gasteiger partial charge in [0.1, 0.15) is 5.69 Å². The van der Waals surface area contributed by atoms with Crippen LogP contribution in [0, 0.1) is 0 Å². The highest BCUT2D eigenvalue weighted by molar-refractivity contribution is 9.10. The van der Waals surface area contributed by atoms with Gasteiger partial charge in [0, 0.05) is 37.4 Å². The van der Waals surface area contributed by atoms with E-state index in [1.807, 2.05) is 28.8 Å². The van der Waals surface area contributed by atoms with Gasteiger partial charge in [0.25, 0.3) is 5.91 Å². The summed E-state index contributed by atoms with van der Waals surface area (Å²) in [7, 11) is 1.90. The van der Waals surface area contributed by atoms with Crippen molar-refractivity contribution in [2.75, 3.05) is 19.6 Å². The summed E-state index contributed by atoms with van der Waals surface area (Å²) in [6.07, 6.45) is 2.91. The van der Waals surface area contributed by atoms with Crippen molar-refractivity contribution < 1.29 is 4.79 Å². The lowest BCUT2D eigenvalue weighted by molar-refractivity contribution is 0.0606. The standard InChI is InChI=1S/C12H18BrN3O/c1-3-4-16(10-6-14-7-10)12(17)11-5-9(13)8-15(11)2/h5,8,10,14H,3-4,6-7H2,1-2H3. The largest absolute Gasteiger partial charge is 0.345 e. The highest BCUT2D eigenvalue weighted by Crippen LogP contribution is 2.17. The summed E-state index contributed by atoms with van der Waals surface area (Å²) < 4.78 is 2.83. The molecule has 5 heteroatoms. The maximum absolute atomic E-state index is 12.5. The smallest absolute Gasteiger partial charge is 0.270 e. The normalized spacial score (nSPS) is 15.7. The molecule has 0 aromatic carbocycles. The highest BCUT2D eigenvalue weighted by atomic mass is 79.9. The molecule has 17 heavy (non-hydrogen) atoms. The van der Waals surface area contributed by atoms with Gasteiger partial charge in [0.15, 0.2) is 0 Å². The first-order valence-corrected chi connectivity index (χ1v) is 6.76. The Labute approximate surface area is 110 Å². The number of hydrogen-bond acceptors (Lipinski definition) is 2. The Morgan fingerprint density at radius 3 is 2.76 bits per heavy atom. The van der Waals surface area contributed by atoms with Crippen LogP contribution in [0.5, 0.6) is 0 Å². The molecule has 94 valence electrons. The van der Waals surface area contributed by atoms with Gasteiger partial charge in [-0.05, 0) is 28.4 Å². The van der Waals surface area contributed by atoms with E-state index in [4.69, 9.17) is 0 Å². The third-order valence-corrected chi connectivity index (χ3v) is 3.55. The van der Waals surface area contributed by atoms with Crippen molar-refractivity contribution in [1.29, 1.82) is 0 Å². The topological polar surface area (TPSA) is 37.3 Å². The summed E-state index contributed by atoms with van der Waals surface area (Å²) >= 11 is 3.40. The van der Waals surface area contributed by atoms with Gasteiger partial charge in [-0.1, -0.05) is 6.92 Å². The molecule has 0 saturated carbocycles. The van der Waals surface area contributed by atoms with Crippen LogP contribution >= 0.6 is 15.9 Å². The quantitative estimate of drug-likeness (QED) is 0.917. The molecular formula is C12H18BrN3O. The molecule has 0 atom stereocenters. The van der Waals surface area contributed by atoms with Gasteiger partial charge in [-0.15, -0.1) is 0 Å². The molecule has 1 amide bonds. The Hall–Kier alpha value is -0.810. The Balaban J connectivity index is 2.17. The van der Waals surface area contributed by atoms with Crippen LogP contribution in [-0.2, 0) is 7.05 Å². The number of aryl methyl sites for hydroxylation is 1. The first-order valence-electron chi connectivity index (χ1n) is 5.97. The van der Waals surface area contributed by atoms with E-state index in [-0.39, 0.29) is 5.91 Å². The minimum absolute atomic E-state index is 0.131. The van der Waals surface area contributed by atoms with Crippen LogP contribution in [0.2, 0.25) is 0 Å². The monoisotopic (exact) mass is 299 g/mol. The van der Waals surface area contributed by atoms with Crippen LogP contribution in [0.3, 0.4) is 0 Å². The van der Waals surface area contributed by atoms with Crippen LogP contribution in [0.1, 0.15) is 23.8 Å². The van der Waals surface area contributed by atoms with Gasteiger partial charge in [-0.25, -0.2) is 0 Å². The third kappa shape index (κ3) is 2.55. The number of halogens is 1. The fraction of sp³-hybridized carbons (Fsp3) is 0.583. The van der Waals surface area contributed by atoms with Crippen LogP contribution in [0.4, 0.5) is 0 Å². The Kier molecular flexibility index (Phi) is 3.89.